The second kappa shape index (κ2) is 9.35. The number of aromatic nitrogens is 2. The second-order valence-electron chi connectivity index (χ2n) is 6.86. The summed E-state index contributed by atoms with van der Waals surface area (Å²) in [6, 6.07) is 13.5. The van der Waals surface area contributed by atoms with E-state index in [-0.39, 0.29) is 5.91 Å². The molecule has 7 heteroatoms. The van der Waals surface area contributed by atoms with E-state index in [0.29, 0.717) is 35.9 Å². The van der Waals surface area contributed by atoms with Gasteiger partial charge in [-0.25, -0.2) is 0 Å². The number of hydrogen-bond donors (Lipinski definition) is 1. The van der Waals surface area contributed by atoms with Crippen LogP contribution in [0.2, 0.25) is 0 Å². The van der Waals surface area contributed by atoms with Crippen LogP contribution in [-0.2, 0) is 13.1 Å². The Morgan fingerprint density at radius 3 is 2.30 bits per heavy atom. The molecule has 0 aliphatic carbocycles. The van der Waals surface area contributed by atoms with Gasteiger partial charge in [0.25, 0.3) is 5.91 Å². The van der Waals surface area contributed by atoms with Crippen LogP contribution in [0.3, 0.4) is 0 Å². The van der Waals surface area contributed by atoms with Crippen molar-refractivity contribution in [3.05, 3.63) is 70.5 Å². The van der Waals surface area contributed by atoms with Crippen molar-refractivity contribution in [3.8, 4) is 17.2 Å². The van der Waals surface area contributed by atoms with Gasteiger partial charge < -0.3 is 19.5 Å². The fraction of sp³-hybridized carbons (Fsp3) is 0.304. The van der Waals surface area contributed by atoms with Crippen LogP contribution < -0.4 is 19.5 Å². The first-order valence-electron chi connectivity index (χ1n) is 9.64. The van der Waals surface area contributed by atoms with Crippen LogP contribution in [0.4, 0.5) is 0 Å². The monoisotopic (exact) mass is 409 g/mol. The van der Waals surface area contributed by atoms with Crippen molar-refractivity contribution in [1.82, 2.24) is 15.1 Å². The molecule has 0 saturated carbocycles. The molecule has 1 heterocycles. The molecule has 0 aliphatic rings. The van der Waals surface area contributed by atoms with Crippen molar-refractivity contribution >= 4 is 5.91 Å². The van der Waals surface area contributed by atoms with E-state index in [2.05, 4.69) is 22.5 Å². The molecule has 3 aromatic rings. The standard InChI is InChI=1S/C23H27N3O4/c1-15-19(16(2)26(25-15)14-17-9-7-6-8-10-17)13-24-23(27)18-11-12-20(28-3)22(30-5)21(18)29-4/h6-12H,13-14H2,1-5H3,(H,24,27). The first-order valence-corrected chi connectivity index (χ1v) is 9.64. The van der Waals surface area contributed by atoms with Gasteiger partial charge in [0, 0.05) is 17.8 Å². The summed E-state index contributed by atoms with van der Waals surface area (Å²) in [5, 5.41) is 7.61. The lowest BCUT2D eigenvalue weighted by Gasteiger charge is -2.15. The van der Waals surface area contributed by atoms with Crippen molar-refractivity contribution in [2.75, 3.05) is 21.3 Å². The zero-order valence-corrected chi connectivity index (χ0v) is 18.0. The minimum Gasteiger partial charge on any atom is -0.493 e. The number of benzene rings is 2. The molecule has 0 aliphatic heterocycles. The van der Waals surface area contributed by atoms with Crippen LogP contribution in [0.15, 0.2) is 42.5 Å². The molecule has 0 saturated heterocycles. The molecule has 0 unspecified atom stereocenters. The summed E-state index contributed by atoms with van der Waals surface area (Å²) in [7, 11) is 4.54. The summed E-state index contributed by atoms with van der Waals surface area (Å²) in [6.07, 6.45) is 0. The van der Waals surface area contributed by atoms with Gasteiger partial charge in [-0.3, -0.25) is 9.48 Å². The SMILES string of the molecule is COc1ccc(C(=O)NCc2c(C)nn(Cc3ccccc3)c2C)c(OC)c1OC. The quantitative estimate of drug-likeness (QED) is 0.616. The van der Waals surface area contributed by atoms with E-state index in [1.807, 2.05) is 36.7 Å². The van der Waals surface area contributed by atoms with Crippen molar-refractivity contribution in [3.63, 3.8) is 0 Å². The first-order chi connectivity index (χ1) is 14.5. The van der Waals surface area contributed by atoms with Crippen molar-refractivity contribution in [1.29, 1.82) is 0 Å². The topological polar surface area (TPSA) is 74.6 Å². The van der Waals surface area contributed by atoms with Gasteiger partial charge in [0.05, 0.1) is 39.1 Å². The van der Waals surface area contributed by atoms with Gasteiger partial charge in [-0.15, -0.1) is 0 Å². The number of carbonyl (C=O) groups excluding carboxylic acids is 1. The predicted molar refractivity (Wildman–Crippen MR) is 115 cm³/mol. The highest BCUT2D eigenvalue weighted by molar-refractivity contribution is 5.98. The Bertz CT molecular complexity index is 1030. The van der Waals surface area contributed by atoms with Gasteiger partial charge in [0.2, 0.25) is 5.75 Å². The van der Waals surface area contributed by atoms with Crippen LogP contribution in [0.5, 0.6) is 17.2 Å². The molecule has 0 radical (unpaired) electrons. The van der Waals surface area contributed by atoms with E-state index in [1.54, 1.807) is 12.1 Å². The van der Waals surface area contributed by atoms with E-state index in [1.165, 1.54) is 26.9 Å². The number of amides is 1. The van der Waals surface area contributed by atoms with Crippen LogP contribution in [0, 0.1) is 13.8 Å². The molecule has 158 valence electrons. The highest BCUT2D eigenvalue weighted by atomic mass is 16.5. The molecular weight excluding hydrogens is 382 g/mol. The minimum atomic E-state index is -0.262. The Balaban J connectivity index is 1.78. The molecular formula is C23H27N3O4. The summed E-state index contributed by atoms with van der Waals surface area (Å²) in [5.41, 5.74) is 4.47. The summed E-state index contributed by atoms with van der Waals surface area (Å²) < 4.78 is 18.0. The molecule has 30 heavy (non-hydrogen) atoms. The van der Waals surface area contributed by atoms with Gasteiger partial charge in [-0.05, 0) is 31.5 Å². The molecule has 7 nitrogen and oxygen atoms in total. The Kier molecular flexibility index (Phi) is 6.61. The third-order valence-electron chi connectivity index (χ3n) is 5.08. The van der Waals surface area contributed by atoms with Crippen molar-refractivity contribution in [2.24, 2.45) is 0 Å². The minimum absolute atomic E-state index is 0.262. The summed E-state index contributed by atoms with van der Waals surface area (Å²) >= 11 is 0. The largest absolute Gasteiger partial charge is 0.493 e. The van der Waals surface area contributed by atoms with Crippen LogP contribution in [0.25, 0.3) is 0 Å². The Hall–Kier alpha value is -3.48. The molecule has 1 N–H and O–H groups in total. The fourth-order valence-electron chi connectivity index (χ4n) is 3.44. The second-order valence-corrected chi connectivity index (χ2v) is 6.86. The van der Waals surface area contributed by atoms with Crippen molar-refractivity contribution in [2.45, 2.75) is 26.9 Å². The third kappa shape index (κ3) is 4.25. The summed E-state index contributed by atoms with van der Waals surface area (Å²) in [4.78, 5) is 12.9. The molecule has 3 rings (SSSR count). The third-order valence-corrected chi connectivity index (χ3v) is 5.08. The highest BCUT2D eigenvalue weighted by Crippen LogP contribution is 2.39. The van der Waals surface area contributed by atoms with Crippen molar-refractivity contribution < 1.29 is 19.0 Å². The number of nitrogens with one attached hydrogen (secondary N) is 1. The predicted octanol–water partition coefficient (Wildman–Crippen LogP) is 3.50. The maximum Gasteiger partial charge on any atom is 0.255 e. The lowest BCUT2D eigenvalue weighted by atomic mass is 10.1. The number of aryl methyl sites for hydroxylation is 1. The molecule has 0 fully saturated rings. The average Bonchev–Trinajstić information content (AvgIpc) is 3.03. The highest BCUT2D eigenvalue weighted by Gasteiger charge is 2.21. The number of ether oxygens (including phenoxy) is 3. The lowest BCUT2D eigenvalue weighted by Crippen LogP contribution is -2.24. The molecule has 0 spiro atoms. The van der Waals surface area contributed by atoms with E-state index in [4.69, 9.17) is 14.2 Å². The van der Waals surface area contributed by atoms with E-state index in [9.17, 15) is 4.79 Å². The number of methoxy groups -OCH3 is 3. The summed E-state index contributed by atoms with van der Waals surface area (Å²) in [6.45, 7) is 5.02. The smallest absolute Gasteiger partial charge is 0.255 e. The van der Waals surface area contributed by atoms with Gasteiger partial charge >= 0.3 is 0 Å². The maximum absolute atomic E-state index is 12.9. The molecule has 1 amide bonds. The number of rotatable bonds is 8. The first kappa shape index (κ1) is 21.2. The molecule has 0 atom stereocenters. The Labute approximate surface area is 176 Å². The number of nitrogens with zero attached hydrogens (tertiary/aromatic N) is 2. The molecule has 1 aromatic heterocycles. The lowest BCUT2D eigenvalue weighted by molar-refractivity contribution is 0.0947. The fourth-order valence-corrected chi connectivity index (χ4v) is 3.44. The molecule has 0 bridgehead atoms. The zero-order chi connectivity index (χ0) is 21.7. The Morgan fingerprint density at radius 2 is 1.67 bits per heavy atom. The summed E-state index contributed by atoms with van der Waals surface area (Å²) in [5.74, 6) is 0.959. The number of carbonyl (C=O) groups is 1. The average molecular weight is 409 g/mol. The van der Waals surface area contributed by atoms with Gasteiger partial charge in [0.15, 0.2) is 11.5 Å². The maximum atomic E-state index is 12.9. The van der Waals surface area contributed by atoms with Gasteiger partial charge in [0.1, 0.15) is 0 Å². The van der Waals surface area contributed by atoms with E-state index < -0.39 is 0 Å². The van der Waals surface area contributed by atoms with Crippen LogP contribution in [-0.4, -0.2) is 37.0 Å². The van der Waals surface area contributed by atoms with E-state index in [0.717, 1.165) is 17.0 Å². The van der Waals surface area contributed by atoms with E-state index >= 15 is 0 Å². The van der Waals surface area contributed by atoms with Gasteiger partial charge in [-0.2, -0.15) is 5.10 Å². The molecule has 2 aromatic carbocycles. The number of hydrogen-bond acceptors (Lipinski definition) is 5. The normalized spacial score (nSPS) is 10.6. The zero-order valence-electron chi connectivity index (χ0n) is 18.0. The van der Waals surface area contributed by atoms with Gasteiger partial charge in [-0.1, -0.05) is 30.3 Å². The van der Waals surface area contributed by atoms with Crippen LogP contribution in [0.1, 0.15) is 32.9 Å². The van der Waals surface area contributed by atoms with Crippen LogP contribution >= 0.6 is 0 Å². The Morgan fingerprint density at radius 1 is 0.967 bits per heavy atom.